The molecule has 0 saturated carbocycles. The van der Waals surface area contributed by atoms with E-state index in [0.717, 1.165) is 12.1 Å². The van der Waals surface area contributed by atoms with Crippen molar-refractivity contribution in [2.45, 2.75) is 20.8 Å². The van der Waals surface area contributed by atoms with Crippen molar-refractivity contribution in [1.82, 2.24) is 0 Å². The molecular formula is C12H17NO5S. The first kappa shape index (κ1) is 15.3. The summed E-state index contributed by atoms with van der Waals surface area (Å²) in [5.41, 5.74) is -0.693. The lowest BCUT2D eigenvalue weighted by Gasteiger charge is -2.19. The van der Waals surface area contributed by atoms with Crippen molar-refractivity contribution in [3.05, 3.63) is 23.8 Å². The Labute approximate surface area is 112 Å². The molecule has 1 rings (SSSR count). The van der Waals surface area contributed by atoms with Crippen molar-refractivity contribution in [3.63, 3.8) is 0 Å². The predicted molar refractivity (Wildman–Crippen MR) is 71.9 cm³/mol. The molecule has 1 aromatic carbocycles. The highest BCUT2D eigenvalue weighted by molar-refractivity contribution is 7.92. The van der Waals surface area contributed by atoms with Gasteiger partial charge in [-0.3, -0.25) is 4.72 Å². The standard InChI is InChI=1S/C12H17NO5S/c1-12(2,3)7-19(17,18)13-9-6-8(11(15)16)4-5-10(9)14/h4-6,13-14H,7H2,1-3H3,(H,15,16). The summed E-state index contributed by atoms with van der Waals surface area (Å²) < 4.78 is 26.0. The summed E-state index contributed by atoms with van der Waals surface area (Å²) in [5.74, 6) is -1.66. The molecule has 0 aliphatic rings. The molecule has 0 heterocycles. The highest BCUT2D eigenvalue weighted by atomic mass is 32.2. The van der Waals surface area contributed by atoms with Crippen LogP contribution in [0.1, 0.15) is 31.1 Å². The van der Waals surface area contributed by atoms with Gasteiger partial charge in [-0.05, 0) is 23.6 Å². The molecule has 0 aromatic heterocycles. The zero-order chi connectivity index (χ0) is 14.8. The molecule has 1 aromatic rings. The summed E-state index contributed by atoms with van der Waals surface area (Å²) in [6.45, 7) is 5.29. The van der Waals surface area contributed by atoms with Crippen molar-refractivity contribution in [2.75, 3.05) is 10.5 Å². The number of aromatic carboxylic acids is 1. The number of benzene rings is 1. The number of nitrogens with one attached hydrogen (secondary N) is 1. The van der Waals surface area contributed by atoms with Crippen LogP contribution in [0.4, 0.5) is 5.69 Å². The molecule has 0 saturated heterocycles. The van der Waals surface area contributed by atoms with E-state index in [2.05, 4.69) is 4.72 Å². The molecule has 0 amide bonds. The monoisotopic (exact) mass is 287 g/mol. The molecule has 106 valence electrons. The molecule has 0 bridgehead atoms. The first-order chi connectivity index (χ1) is 8.50. The van der Waals surface area contributed by atoms with E-state index in [1.807, 2.05) is 0 Å². The number of carboxylic acid groups (broad SMARTS) is 1. The Hall–Kier alpha value is -1.76. The fraction of sp³-hybridized carbons (Fsp3) is 0.417. The third-order valence-corrected chi connectivity index (χ3v) is 3.91. The van der Waals surface area contributed by atoms with Gasteiger partial charge in [0, 0.05) is 0 Å². The van der Waals surface area contributed by atoms with E-state index in [4.69, 9.17) is 5.11 Å². The van der Waals surface area contributed by atoms with E-state index in [9.17, 15) is 18.3 Å². The zero-order valence-corrected chi connectivity index (χ0v) is 11.8. The van der Waals surface area contributed by atoms with Gasteiger partial charge in [0.2, 0.25) is 10.0 Å². The Morgan fingerprint density at radius 1 is 1.32 bits per heavy atom. The number of carbonyl (C=O) groups is 1. The van der Waals surface area contributed by atoms with Crippen molar-refractivity contribution in [2.24, 2.45) is 5.41 Å². The van der Waals surface area contributed by atoms with Crippen molar-refractivity contribution in [1.29, 1.82) is 0 Å². The lowest BCUT2D eigenvalue weighted by atomic mass is 10.0. The lowest BCUT2D eigenvalue weighted by Crippen LogP contribution is -2.26. The Morgan fingerprint density at radius 3 is 2.37 bits per heavy atom. The number of anilines is 1. The zero-order valence-electron chi connectivity index (χ0n) is 11.0. The second-order valence-corrected chi connectivity index (χ2v) is 7.18. The third-order valence-electron chi connectivity index (χ3n) is 2.13. The minimum absolute atomic E-state index is 0.105. The molecule has 0 spiro atoms. The van der Waals surface area contributed by atoms with E-state index in [-0.39, 0.29) is 22.8 Å². The van der Waals surface area contributed by atoms with Crippen LogP contribution in [-0.4, -0.2) is 30.4 Å². The molecule has 19 heavy (non-hydrogen) atoms. The van der Waals surface area contributed by atoms with Gasteiger partial charge in [0.15, 0.2) is 0 Å². The lowest BCUT2D eigenvalue weighted by molar-refractivity contribution is 0.0697. The van der Waals surface area contributed by atoms with Crippen molar-refractivity contribution in [3.8, 4) is 5.75 Å². The third kappa shape index (κ3) is 4.78. The van der Waals surface area contributed by atoms with Crippen LogP contribution in [0.3, 0.4) is 0 Å². The maximum atomic E-state index is 11.9. The Morgan fingerprint density at radius 2 is 1.89 bits per heavy atom. The summed E-state index contributed by atoms with van der Waals surface area (Å²) in [4.78, 5) is 10.8. The average Bonchev–Trinajstić information content (AvgIpc) is 2.16. The minimum atomic E-state index is -3.66. The van der Waals surface area contributed by atoms with E-state index in [1.165, 1.54) is 6.07 Å². The molecule has 0 aliphatic carbocycles. The molecule has 0 aliphatic heterocycles. The second kappa shape index (κ2) is 5.08. The first-order valence-electron chi connectivity index (χ1n) is 5.57. The summed E-state index contributed by atoms with van der Waals surface area (Å²) in [7, 11) is -3.66. The topological polar surface area (TPSA) is 104 Å². The number of hydrogen-bond donors (Lipinski definition) is 3. The van der Waals surface area contributed by atoms with Gasteiger partial charge in [-0.25, -0.2) is 13.2 Å². The van der Waals surface area contributed by atoms with Crippen LogP contribution in [0.25, 0.3) is 0 Å². The summed E-state index contributed by atoms with van der Waals surface area (Å²) in [6, 6.07) is 3.41. The summed E-state index contributed by atoms with van der Waals surface area (Å²) >= 11 is 0. The fourth-order valence-electron chi connectivity index (χ4n) is 1.52. The van der Waals surface area contributed by atoms with Gasteiger partial charge in [0.25, 0.3) is 0 Å². The number of hydrogen-bond acceptors (Lipinski definition) is 4. The highest BCUT2D eigenvalue weighted by Gasteiger charge is 2.22. The van der Waals surface area contributed by atoms with Crippen LogP contribution in [0.15, 0.2) is 18.2 Å². The van der Waals surface area contributed by atoms with Crippen LogP contribution in [0.5, 0.6) is 5.75 Å². The number of phenolic OH excluding ortho intramolecular Hbond substituents is 1. The quantitative estimate of drug-likeness (QED) is 0.733. The molecule has 3 N–H and O–H groups in total. The molecule has 0 radical (unpaired) electrons. The highest BCUT2D eigenvalue weighted by Crippen LogP contribution is 2.27. The van der Waals surface area contributed by atoms with Gasteiger partial charge >= 0.3 is 5.97 Å². The SMILES string of the molecule is CC(C)(C)CS(=O)(=O)Nc1cc(C(=O)O)ccc1O. The van der Waals surface area contributed by atoms with Crippen LogP contribution < -0.4 is 4.72 Å². The smallest absolute Gasteiger partial charge is 0.335 e. The van der Waals surface area contributed by atoms with E-state index in [0.29, 0.717) is 0 Å². The average molecular weight is 287 g/mol. The van der Waals surface area contributed by atoms with Crippen molar-refractivity contribution < 1.29 is 23.4 Å². The number of sulfonamides is 1. The van der Waals surface area contributed by atoms with Crippen LogP contribution in [0, 0.1) is 5.41 Å². The maximum Gasteiger partial charge on any atom is 0.335 e. The molecule has 7 heteroatoms. The maximum absolute atomic E-state index is 11.9. The molecule has 0 fully saturated rings. The van der Waals surface area contributed by atoms with Gasteiger partial charge in [0.05, 0.1) is 17.0 Å². The number of rotatable bonds is 4. The van der Waals surface area contributed by atoms with Gasteiger partial charge in [-0.2, -0.15) is 0 Å². The van der Waals surface area contributed by atoms with Gasteiger partial charge < -0.3 is 10.2 Å². The van der Waals surface area contributed by atoms with Crippen LogP contribution in [-0.2, 0) is 10.0 Å². The number of carboxylic acids is 1. The second-order valence-electron chi connectivity index (χ2n) is 5.46. The fourth-order valence-corrected chi connectivity index (χ4v) is 3.24. The Bertz CT molecular complexity index is 587. The Kier molecular flexibility index (Phi) is 4.09. The molecule has 0 unspecified atom stereocenters. The number of phenols is 1. The molecule has 0 atom stereocenters. The van der Waals surface area contributed by atoms with Crippen molar-refractivity contribution >= 4 is 21.7 Å². The summed E-state index contributed by atoms with van der Waals surface area (Å²) in [5, 5.41) is 18.4. The van der Waals surface area contributed by atoms with E-state index >= 15 is 0 Å². The molecule has 6 nitrogen and oxygen atoms in total. The minimum Gasteiger partial charge on any atom is -0.506 e. The number of aromatic hydroxyl groups is 1. The van der Waals surface area contributed by atoms with Gasteiger partial charge in [-0.15, -0.1) is 0 Å². The normalized spacial score (nSPS) is 12.2. The largest absolute Gasteiger partial charge is 0.506 e. The Balaban J connectivity index is 3.05. The summed E-state index contributed by atoms with van der Waals surface area (Å²) in [6.07, 6.45) is 0. The van der Waals surface area contributed by atoms with Gasteiger partial charge in [0.1, 0.15) is 5.75 Å². The predicted octanol–water partition coefficient (Wildman–Crippen LogP) is 1.88. The van der Waals surface area contributed by atoms with E-state index < -0.39 is 21.4 Å². The first-order valence-corrected chi connectivity index (χ1v) is 7.22. The van der Waals surface area contributed by atoms with Crippen LogP contribution in [0.2, 0.25) is 0 Å². The van der Waals surface area contributed by atoms with E-state index in [1.54, 1.807) is 20.8 Å². The molecular weight excluding hydrogens is 270 g/mol. The van der Waals surface area contributed by atoms with Crippen LogP contribution >= 0.6 is 0 Å². The van der Waals surface area contributed by atoms with Gasteiger partial charge in [-0.1, -0.05) is 20.8 Å².